The molecule has 0 atom stereocenters. The first-order chi connectivity index (χ1) is 10.5. The van der Waals surface area contributed by atoms with Crippen LogP contribution in [0.1, 0.15) is 31.4 Å². The summed E-state index contributed by atoms with van der Waals surface area (Å²) in [5, 5.41) is 19.4. The van der Waals surface area contributed by atoms with Crippen molar-refractivity contribution in [1.29, 1.82) is 0 Å². The summed E-state index contributed by atoms with van der Waals surface area (Å²) in [4.78, 5) is 1.44. The Hall–Kier alpha value is -2.07. The molecule has 0 spiro atoms. The molecule has 4 nitrogen and oxygen atoms in total. The van der Waals surface area contributed by atoms with Crippen molar-refractivity contribution in [3.63, 3.8) is 0 Å². The fraction of sp³-hybridized carbons (Fsp3) is 0.294. The van der Waals surface area contributed by atoms with E-state index in [1.807, 2.05) is 26.0 Å². The van der Waals surface area contributed by atoms with E-state index >= 15 is 0 Å². The van der Waals surface area contributed by atoms with Crippen molar-refractivity contribution >= 4 is 22.6 Å². The van der Waals surface area contributed by atoms with Gasteiger partial charge in [0.1, 0.15) is 22.5 Å². The Kier molecular flexibility index (Phi) is 5.03. The SMILES string of the molecule is CCC.Cc1cc(C)c(O)c(-n2nc3ccc(Cl)cc3n2)c1. The van der Waals surface area contributed by atoms with Gasteiger partial charge < -0.3 is 5.11 Å². The molecule has 0 aliphatic rings. The normalized spacial score (nSPS) is 10.4. The van der Waals surface area contributed by atoms with E-state index in [0.29, 0.717) is 16.2 Å². The van der Waals surface area contributed by atoms with Crippen LogP contribution in [0.25, 0.3) is 16.7 Å². The zero-order valence-corrected chi connectivity index (χ0v) is 14.0. The topological polar surface area (TPSA) is 50.9 Å². The molecule has 0 unspecified atom stereocenters. The maximum atomic E-state index is 10.1. The fourth-order valence-electron chi connectivity index (χ4n) is 2.09. The van der Waals surface area contributed by atoms with Gasteiger partial charge in [0.2, 0.25) is 0 Å². The minimum Gasteiger partial charge on any atom is -0.505 e. The Morgan fingerprint density at radius 2 is 1.68 bits per heavy atom. The number of fused-ring (bicyclic) bond motifs is 1. The van der Waals surface area contributed by atoms with Crippen molar-refractivity contribution in [2.24, 2.45) is 0 Å². The van der Waals surface area contributed by atoms with Crippen LogP contribution in [0.5, 0.6) is 5.75 Å². The third kappa shape index (κ3) is 3.39. The summed E-state index contributed by atoms with van der Waals surface area (Å²) in [5.41, 5.74) is 3.86. The highest BCUT2D eigenvalue weighted by atomic mass is 35.5. The van der Waals surface area contributed by atoms with Crippen LogP contribution < -0.4 is 0 Å². The molecule has 0 saturated heterocycles. The molecule has 0 bridgehead atoms. The number of aryl methyl sites for hydroxylation is 2. The molecule has 2 aromatic carbocycles. The Morgan fingerprint density at radius 1 is 1.05 bits per heavy atom. The highest BCUT2D eigenvalue weighted by Gasteiger charge is 2.11. The van der Waals surface area contributed by atoms with Crippen LogP contribution in [0.2, 0.25) is 5.02 Å². The minimum atomic E-state index is 0.192. The summed E-state index contributed by atoms with van der Waals surface area (Å²) in [7, 11) is 0. The highest BCUT2D eigenvalue weighted by molar-refractivity contribution is 6.31. The van der Waals surface area contributed by atoms with Gasteiger partial charge in [0, 0.05) is 5.02 Å². The molecule has 1 N–H and O–H groups in total. The number of nitrogens with zero attached hydrogens (tertiary/aromatic N) is 3. The van der Waals surface area contributed by atoms with Crippen LogP contribution in [-0.4, -0.2) is 20.1 Å². The van der Waals surface area contributed by atoms with Crippen LogP contribution in [-0.2, 0) is 0 Å². The van der Waals surface area contributed by atoms with Crippen LogP contribution >= 0.6 is 11.6 Å². The highest BCUT2D eigenvalue weighted by Crippen LogP contribution is 2.27. The lowest BCUT2D eigenvalue weighted by Crippen LogP contribution is -2.00. The van der Waals surface area contributed by atoms with Gasteiger partial charge in [0.05, 0.1) is 0 Å². The zero-order chi connectivity index (χ0) is 16.3. The molecular formula is C17H20ClN3O. The quantitative estimate of drug-likeness (QED) is 0.700. The molecule has 116 valence electrons. The average molecular weight is 318 g/mol. The molecule has 3 aromatic rings. The van der Waals surface area contributed by atoms with Gasteiger partial charge >= 0.3 is 0 Å². The molecule has 1 heterocycles. The Labute approximate surface area is 135 Å². The van der Waals surface area contributed by atoms with Crippen molar-refractivity contribution in [3.8, 4) is 11.4 Å². The molecule has 0 radical (unpaired) electrons. The first-order valence-electron chi connectivity index (χ1n) is 7.29. The zero-order valence-electron chi connectivity index (χ0n) is 13.3. The van der Waals surface area contributed by atoms with E-state index in [0.717, 1.165) is 16.6 Å². The predicted octanol–water partition coefficient (Wildman–Crippen LogP) is 4.81. The maximum absolute atomic E-state index is 10.1. The first kappa shape index (κ1) is 16.3. The molecule has 5 heteroatoms. The van der Waals surface area contributed by atoms with Crippen LogP contribution in [0.3, 0.4) is 0 Å². The van der Waals surface area contributed by atoms with Crippen molar-refractivity contribution in [2.45, 2.75) is 34.1 Å². The van der Waals surface area contributed by atoms with Crippen molar-refractivity contribution in [2.75, 3.05) is 0 Å². The monoisotopic (exact) mass is 317 g/mol. The average Bonchev–Trinajstić information content (AvgIpc) is 2.86. The third-order valence-electron chi connectivity index (χ3n) is 2.98. The molecule has 1 aromatic heterocycles. The van der Waals surface area contributed by atoms with Gasteiger partial charge in [-0.2, -0.15) is 0 Å². The first-order valence-corrected chi connectivity index (χ1v) is 7.67. The fourth-order valence-corrected chi connectivity index (χ4v) is 2.25. The van der Waals surface area contributed by atoms with E-state index in [1.165, 1.54) is 11.2 Å². The lowest BCUT2D eigenvalue weighted by atomic mass is 10.1. The lowest BCUT2D eigenvalue weighted by molar-refractivity contribution is 0.463. The smallest absolute Gasteiger partial charge is 0.146 e. The number of hydrogen-bond acceptors (Lipinski definition) is 3. The third-order valence-corrected chi connectivity index (χ3v) is 3.22. The molecule has 0 aliphatic carbocycles. The molecule has 0 amide bonds. The Balaban J connectivity index is 0.000000545. The molecular weight excluding hydrogens is 298 g/mol. The number of phenolic OH excluding ortho intramolecular Hbond substituents is 1. The Morgan fingerprint density at radius 3 is 2.36 bits per heavy atom. The van der Waals surface area contributed by atoms with Gasteiger partial charge in [-0.15, -0.1) is 15.0 Å². The largest absolute Gasteiger partial charge is 0.505 e. The second kappa shape index (κ2) is 6.79. The van der Waals surface area contributed by atoms with Gasteiger partial charge in [-0.25, -0.2) is 0 Å². The summed E-state index contributed by atoms with van der Waals surface area (Å²) in [6.45, 7) is 8.07. The van der Waals surface area contributed by atoms with Gasteiger partial charge in [-0.3, -0.25) is 0 Å². The number of aromatic nitrogens is 3. The Bertz CT molecular complexity index is 796. The van der Waals surface area contributed by atoms with E-state index in [9.17, 15) is 5.11 Å². The van der Waals surface area contributed by atoms with Gasteiger partial charge in [0.15, 0.2) is 0 Å². The van der Waals surface area contributed by atoms with E-state index in [1.54, 1.807) is 18.2 Å². The summed E-state index contributed by atoms with van der Waals surface area (Å²) >= 11 is 5.93. The van der Waals surface area contributed by atoms with Crippen molar-refractivity contribution in [1.82, 2.24) is 15.0 Å². The number of hydrogen-bond donors (Lipinski definition) is 1. The van der Waals surface area contributed by atoms with E-state index in [2.05, 4.69) is 24.0 Å². The van der Waals surface area contributed by atoms with Crippen LogP contribution in [0.15, 0.2) is 30.3 Å². The molecule has 0 fully saturated rings. The second-order valence-corrected chi connectivity index (χ2v) is 5.72. The summed E-state index contributed by atoms with van der Waals surface area (Å²) in [6, 6.07) is 9.09. The number of phenols is 1. The van der Waals surface area contributed by atoms with Gasteiger partial charge in [0.25, 0.3) is 0 Å². The summed E-state index contributed by atoms with van der Waals surface area (Å²) < 4.78 is 0. The maximum Gasteiger partial charge on any atom is 0.146 e. The number of benzene rings is 2. The molecule has 22 heavy (non-hydrogen) atoms. The molecule has 0 aliphatic heterocycles. The predicted molar refractivity (Wildman–Crippen MR) is 91.0 cm³/mol. The van der Waals surface area contributed by atoms with Crippen LogP contribution in [0.4, 0.5) is 0 Å². The minimum absolute atomic E-state index is 0.192. The van der Waals surface area contributed by atoms with E-state index < -0.39 is 0 Å². The van der Waals surface area contributed by atoms with Crippen LogP contribution in [0, 0.1) is 13.8 Å². The van der Waals surface area contributed by atoms with Crippen molar-refractivity contribution < 1.29 is 5.11 Å². The van der Waals surface area contributed by atoms with Crippen molar-refractivity contribution in [3.05, 3.63) is 46.5 Å². The number of aromatic hydroxyl groups is 1. The second-order valence-electron chi connectivity index (χ2n) is 5.28. The standard InChI is InChI=1S/C14H12ClN3O.C3H8/c1-8-5-9(2)14(19)13(6-8)18-16-11-4-3-10(15)7-12(11)17-18;1-3-2/h3-7,19H,1-2H3;3H2,1-2H3. The molecule has 3 rings (SSSR count). The molecule has 0 saturated carbocycles. The van der Waals surface area contributed by atoms with E-state index in [4.69, 9.17) is 11.6 Å². The summed E-state index contributed by atoms with van der Waals surface area (Å²) in [5.74, 6) is 0.192. The number of rotatable bonds is 1. The van der Waals surface area contributed by atoms with E-state index in [-0.39, 0.29) is 5.75 Å². The summed E-state index contributed by atoms with van der Waals surface area (Å²) in [6.07, 6.45) is 1.25. The van der Waals surface area contributed by atoms with Gasteiger partial charge in [-0.1, -0.05) is 37.9 Å². The number of halogens is 1. The lowest BCUT2D eigenvalue weighted by Gasteiger charge is -2.07. The van der Waals surface area contributed by atoms with Gasteiger partial charge in [-0.05, 0) is 49.2 Å².